The fourth-order valence-electron chi connectivity index (χ4n) is 2.17. The minimum absolute atomic E-state index is 0.453. The molecule has 0 radical (unpaired) electrons. The van der Waals surface area contributed by atoms with Gasteiger partial charge < -0.3 is 15.4 Å². The Balaban J connectivity index is 1.89. The van der Waals surface area contributed by atoms with Crippen molar-refractivity contribution in [3.63, 3.8) is 0 Å². The maximum atomic E-state index is 5.68. The largest absolute Gasteiger partial charge is 0.489 e. The highest BCUT2D eigenvalue weighted by Crippen LogP contribution is 2.18. The van der Waals surface area contributed by atoms with E-state index in [-0.39, 0.29) is 0 Å². The van der Waals surface area contributed by atoms with Crippen molar-refractivity contribution in [3.05, 3.63) is 58.6 Å². The van der Waals surface area contributed by atoms with Crippen LogP contribution < -0.4 is 15.4 Å². The molecule has 0 saturated heterocycles. The number of para-hydroxylation sites is 1. The highest BCUT2D eigenvalue weighted by atomic mass is 32.1. The first-order valence-corrected chi connectivity index (χ1v) is 9.22. The van der Waals surface area contributed by atoms with Crippen LogP contribution in [0.2, 0.25) is 0 Å². The Morgan fingerprint density at radius 1 is 1.32 bits per heavy atom. The topological polar surface area (TPSA) is 58.5 Å². The van der Waals surface area contributed by atoms with E-state index in [1.807, 2.05) is 24.3 Å². The SMILES string of the molecule is C=CCOc1ccccc1CNC(=NC)NCc1nc(C(C)C)cs1. The van der Waals surface area contributed by atoms with Gasteiger partial charge >= 0.3 is 0 Å². The van der Waals surface area contributed by atoms with Gasteiger partial charge in [-0.25, -0.2) is 4.98 Å². The molecule has 0 bridgehead atoms. The first-order valence-electron chi connectivity index (χ1n) is 8.34. The van der Waals surface area contributed by atoms with Crippen LogP contribution in [0.3, 0.4) is 0 Å². The zero-order valence-electron chi connectivity index (χ0n) is 15.1. The first-order chi connectivity index (χ1) is 12.1. The summed E-state index contributed by atoms with van der Waals surface area (Å²) in [6.07, 6.45) is 1.74. The predicted octanol–water partition coefficient (Wildman–Crippen LogP) is 3.70. The Morgan fingerprint density at radius 3 is 2.76 bits per heavy atom. The molecule has 1 aromatic carbocycles. The summed E-state index contributed by atoms with van der Waals surface area (Å²) < 4.78 is 5.68. The highest BCUT2D eigenvalue weighted by Gasteiger charge is 2.07. The Morgan fingerprint density at radius 2 is 2.08 bits per heavy atom. The summed E-state index contributed by atoms with van der Waals surface area (Å²) in [4.78, 5) is 8.89. The third kappa shape index (κ3) is 5.90. The molecule has 0 aliphatic rings. The molecule has 134 valence electrons. The second-order valence-electron chi connectivity index (χ2n) is 5.81. The number of aromatic nitrogens is 1. The monoisotopic (exact) mass is 358 g/mol. The summed E-state index contributed by atoms with van der Waals surface area (Å²) in [5.41, 5.74) is 2.21. The van der Waals surface area contributed by atoms with Gasteiger partial charge in [-0.2, -0.15) is 0 Å². The molecule has 6 heteroatoms. The van der Waals surface area contributed by atoms with E-state index in [0.717, 1.165) is 28.0 Å². The van der Waals surface area contributed by atoms with Crippen LogP contribution in [0, 0.1) is 0 Å². The molecule has 1 heterocycles. The standard InChI is InChI=1S/C19H26N4OS/c1-5-10-24-17-9-7-6-8-15(17)11-21-19(20-4)22-12-18-23-16(13-25-18)14(2)3/h5-9,13-14H,1,10-12H2,2-4H3,(H2,20,21,22). The van der Waals surface area contributed by atoms with Crippen LogP contribution in [0.4, 0.5) is 0 Å². The van der Waals surface area contributed by atoms with Crippen molar-refractivity contribution in [1.82, 2.24) is 15.6 Å². The Kier molecular flexibility index (Phi) is 7.47. The molecule has 0 amide bonds. The molecule has 2 aromatic rings. The number of nitrogens with zero attached hydrogens (tertiary/aromatic N) is 2. The average molecular weight is 359 g/mol. The Labute approximate surface area is 153 Å². The van der Waals surface area contributed by atoms with Gasteiger partial charge in [0.2, 0.25) is 0 Å². The lowest BCUT2D eigenvalue weighted by atomic mass is 10.2. The predicted molar refractivity (Wildman–Crippen MR) is 105 cm³/mol. The Hall–Kier alpha value is -2.34. The molecular formula is C19H26N4OS. The maximum Gasteiger partial charge on any atom is 0.191 e. The van der Waals surface area contributed by atoms with Crippen molar-refractivity contribution in [2.75, 3.05) is 13.7 Å². The number of rotatable bonds is 8. The molecule has 0 aliphatic heterocycles. The van der Waals surface area contributed by atoms with Crippen LogP contribution in [0.5, 0.6) is 5.75 Å². The zero-order chi connectivity index (χ0) is 18.1. The van der Waals surface area contributed by atoms with E-state index in [4.69, 9.17) is 4.74 Å². The molecule has 0 unspecified atom stereocenters. The minimum Gasteiger partial charge on any atom is -0.489 e. The molecule has 0 spiro atoms. The fourth-order valence-corrected chi connectivity index (χ4v) is 3.07. The molecule has 2 N–H and O–H groups in total. The summed E-state index contributed by atoms with van der Waals surface area (Å²) in [6, 6.07) is 7.95. The zero-order valence-corrected chi connectivity index (χ0v) is 15.9. The molecule has 0 fully saturated rings. The second-order valence-corrected chi connectivity index (χ2v) is 6.75. The second kappa shape index (κ2) is 9.84. The van der Waals surface area contributed by atoms with E-state index in [1.54, 1.807) is 24.5 Å². The van der Waals surface area contributed by atoms with Crippen molar-refractivity contribution >= 4 is 17.3 Å². The van der Waals surface area contributed by atoms with E-state index in [1.165, 1.54) is 0 Å². The van der Waals surface area contributed by atoms with Gasteiger partial charge in [0.15, 0.2) is 5.96 Å². The lowest BCUT2D eigenvalue weighted by Crippen LogP contribution is -2.36. The third-order valence-corrected chi connectivity index (χ3v) is 4.43. The van der Waals surface area contributed by atoms with Crippen LogP contribution in [-0.2, 0) is 13.1 Å². The van der Waals surface area contributed by atoms with Gasteiger partial charge in [0, 0.05) is 24.5 Å². The van der Waals surface area contributed by atoms with Crippen molar-refractivity contribution in [2.45, 2.75) is 32.9 Å². The number of hydrogen-bond donors (Lipinski definition) is 2. The molecular weight excluding hydrogens is 332 g/mol. The van der Waals surface area contributed by atoms with Crippen LogP contribution in [0.25, 0.3) is 0 Å². The van der Waals surface area contributed by atoms with Gasteiger partial charge in [0.05, 0.1) is 12.2 Å². The molecule has 1 aromatic heterocycles. The number of aliphatic imine (C=N–C) groups is 1. The summed E-state index contributed by atoms with van der Waals surface area (Å²) in [5.74, 6) is 2.04. The number of benzene rings is 1. The van der Waals surface area contributed by atoms with E-state index in [9.17, 15) is 0 Å². The van der Waals surface area contributed by atoms with Gasteiger partial charge in [-0.3, -0.25) is 4.99 Å². The van der Waals surface area contributed by atoms with Gasteiger partial charge in [-0.1, -0.05) is 44.7 Å². The Bertz CT molecular complexity index is 709. The van der Waals surface area contributed by atoms with Crippen molar-refractivity contribution in [1.29, 1.82) is 0 Å². The van der Waals surface area contributed by atoms with Gasteiger partial charge in [0.25, 0.3) is 0 Å². The number of hydrogen-bond acceptors (Lipinski definition) is 4. The summed E-state index contributed by atoms with van der Waals surface area (Å²) in [6.45, 7) is 9.76. The van der Waals surface area contributed by atoms with Gasteiger partial charge in [-0.05, 0) is 12.0 Å². The molecule has 2 rings (SSSR count). The summed E-state index contributed by atoms with van der Waals surface area (Å²) >= 11 is 1.67. The lowest BCUT2D eigenvalue weighted by Gasteiger charge is -2.14. The maximum absolute atomic E-state index is 5.68. The van der Waals surface area contributed by atoms with Crippen molar-refractivity contribution in [2.24, 2.45) is 4.99 Å². The normalized spacial score (nSPS) is 11.4. The molecule has 0 saturated carbocycles. The average Bonchev–Trinajstić information content (AvgIpc) is 3.10. The van der Waals surface area contributed by atoms with Crippen molar-refractivity contribution in [3.8, 4) is 5.75 Å². The van der Waals surface area contributed by atoms with Gasteiger partial charge in [0.1, 0.15) is 17.4 Å². The quantitative estimate of drug-likeness (QED) is 0.429. The number of thiazole rings is 1. The number of guanidine groups is 1. The van der Waals surface area contributed by atoms with Crippen molar-refractivity contribution < 1.29 is 4.74 Å². The van der Waals surface area contributed by atoms with E-state index in [0.29, 0.717) is 25.6 Å². The van der Waals surface area contributed by atoms with Crippen LogP contribution >= 0.6 is 11.3 Å². The fraction of sp³-hybridized carbons (Fsp3) is 0.368. The summed E-state index contributed by atoms with van der Waals surface area (Å²) in [5, 5.41) is 9.79. The van der Waals surface area contributed by atoms with Crippen LogP contribution in [0.15, 0.2) is 47.3 Å². The van der Waals surface area contributed by atoms with E-state index in [2.05, 4.69) is 46.4 Å². The smallest absolute Gasteiger partial charge is 0.191 e. The third-order valence-electron chi connectivity index (χ3n) is 3.57. The van der Waals surface area contributed by atoms with Crippen LogP contribution in [0.1, 0.15) is 36.0 Å². The molecule has 0 atom stereocenters. The molecule has 25 heavy (non-hydrogen) atoms. The number of ether oxygens (including phenoxy) is 1. The minimum atomic E-state index is 0.453. The number of nitrogens with one attached hydrogen (secondary N) is 2. The van der Waals surface area contributed by atoms with E-state index >= 15 is 0 Å². The highest BCUT2D eigenvalue weighted by molar-refractivity contribution is 7.09. The molecule has 5 nitrogen and oxygen atoms in total. The molecule has 0 aliphatic carbocycles. The van der Waals surface area contributed by atoms with Crippen LogP contribution in [-0.4, -0.2) is 24.6 Å². The summed E-state index contributed by atoms with van der Waals surface area (Å²) in [7, 11) is 1.76. The van der Waals surface area contributed by atoms with Gasteiger partial charge in [-0.15, -0.1) is 11.3 Å². The first kappa shape index (κ1) is 19.0. The van der Waals surface area contributed by atoms with E-state index < -0.39 is 0 Å². The lowest BCUT2D eigenvalue weighted by molar-refractivity contribution is 0.358.